The molecule has 0 aromatic heterocycles. The molecule has 228 valence electrons. The van der Waals surface area contributed by atoms with Crippen molar-refractivity contribution < 1.29 is 38.3 Å². The molecule has 10 nitrogen and oxygen atoms in total. The van der Waals surface area contributed by atoms with Crippen LogP contribution in [-0.4, -0.2) is 72.2 Å². The van der Waals surface area contributed by atoms with E-state index in [1.165, 1.54) is 25.9 Å². The number of phenolic OH excluding ortho intramolecular Hbond substituents is 1. The first-order valence-electron chi connectivity index (χ1n) is 14.0. The summed E-state index contributed by atoms with van der Waals surface area (Å²) in [7, 11) is 11.6. The van der Waals surface area contributed by atoms with Crippen LogP contribution in [0, 0.1) is 0 Å². The second-order valence-corrected chi connectivity index (χ2v) is 10.5. The zero-order valence-electron chi connectivity index (χ0n) is 25.6. The summed E-state index contributed by atoms with van der Waals surface area (Å²) in [6, 6.07) is 7.43. The molecule has 3 aromatic carbocycles. The van der Waals surface area contributed by atoms with Crippen LogP contribution in [0.25, 0.3) is 17.2 Å². The first-order valence-corrected chi connectivity index (χ1v) is 14.0. The van der Waals surface area contributed by atoms with E-state index in [1.807, 2.05) is 12.1 Å². The van der Waals surface area contributed by atoms with E-state index < -0.39 is 0 Å². The summed E-state index contributed by atoms with van der Waals surface area (Å²) >= 11 is 0. The van der Waals surface area contributed by atoms with E-state index in [9.17, 15) is 9.90 Å². The minimum absolute atomic E-state index is 0.0989. The molecule has 43 heavy (non-hydrogen) atoms. The van der Waals surface area contributed by atoms with Crippen LogP contribution in [0.1, 0.15) is 33.9 Å². The Kier molecular flexibility index (Phi) is 8.59. The van der Waals surface area contributed by atoms with Crippen LogP contribution in [0.5, 0.6) is 40.2 Å². The maximum absolute atomic E-state index is 13.0. The Morgan fingerprint density at radius 3 is 2.14 bits per heavy atom. The van der Waals surface area contributed by atoms with Gasteiger partial charge in [-0.05, 0) is 78.0 Å². The third-order valence-corrected chi connectivity index (χ3v) is 8.31. The summed E-state index contributed by atoms with van der Waals surface area (Å²) in [5, 5.41) is 13.2. The lowest BCUT2D eigenvalue weighted by Gasteiger charge is -2.42. The van der Waals surface area contributed by atoms with E-state index in [4.69, 9.17) is 28.4 Å². The molecule has 2 N–H and O–H groups in total. The Labute approximate surface area is 251 Å². The van der Waals surface area contributed by atoms with Gasteiger partial charge in [-0.15, -0.1) is 0 Å². The van der Waals surface area contributed by atoms with Crippen molar-refractivity contribution in [3.63, 3.8) is 0 Å². The summed E-state index contributed by atoms with van der Waals surface area (Å²) in [5.41, 5.74) is 7.04. The lowest BCUT2D eigenvalue weighted by atomic mass is 9.75. The average Bonchev–Trinajstić information content (AvgIpc) is 3.03. The van der Waals surface area contributed by atoms with Gasteiger partial charge in [-0.2, -0.15) is 0 Å². The van der Waals surface area contributed by atoms with Gasteiger partial charge in [0.2, 0.25) is 11.7 Å². The highest BCUT2D eigenvalue weighted by molar-refractivity contribution is 5.92. The Morgan fingerprint density at radius 2 is 1.53 bits per heavy atom. The largest absolute Gasteiger partial charge is 0.502 e. The van der Waals surface area contributed by atoms with Gasteiger partial charge in [-0.25, -0.2) is 0 Å². The molecule has 1 unspecified atom stereocenters. The minimum atomic E-state index is -0.288. The number of phenols is 1. The highest BCUT2D eigenvalue weighted by Gasteiger charge is 2.39. The highest BCUT2D eigenvalue weighted by atomic mass is 16.5. The monoisotopic (exact) mass is 590 g/mol. The Morgan fingerprint density at radius 1 is 0.907 bits per heavy atom. The molecule has 0 saturated heterocycles. The van der Waals surface area contributed by atoms with Gasteiger partial charge in [0, 0.05) is 36.3 Å². The number of methoxy groups -OCH3 is 6. The number of fused-ring (bicyclic) bond motifs is 2. The van der Waals surface area contributed by atoms with Crippen molar-refractivity contribution in [2.45, 2.75) is 25.4 Å². The first-order chi connectivity index (χ1) is 20.8. The molecule has 1 aliphatic heterocycles. The number of hydrogen-bond acceptors (Lipinski definition) is 9. The molecule has 1 heterocycles. The van der Waals surface area contributed by atoms with Crippen molar-refractivity contribution in [3.8, 4) is 51.4 Å². The zero-order valence-corrected chi connectivity index (χ0v) is 25.6. The molecule has 3 aromatic rings. The smallest absolute Gasteiger partial charge is 0.244 e. The molecule has 10 heteroatoms. The number of hydrogen-bond donors (Lipinski definition) is 2. The number of carbonyl (C=O) groups is 1. The third kappa shape index (κ3) is 5.27. The van der Waals surface area contributed by atoms with E-state index in [0.717, 1.165) is 47.2 Å². The quantitative estimate of drug-likeness (QED) is 0.330. The van der Waals surface area contributed by atoms with E-state index >= 15 is 0 Å². The van der Waals surface area contributed by atoms with Crippen LogP contribution < -0.4 is 33.7 Å². The fourth-order valence-electron chi connectivity index (χ4n) is 6.21. The van der Waals surface area contributed by atoms with Crippen LogP contribution in [0.15, 0.2) is 30.3 Å². The Bertz CT molecular complexity index is 1560. The van der Waals surface area contributed by atoms with E-state index in [1.54, 1.807) is 46.6 Å². The number of likely N-dealkylation sites (N-methyl/N-ethyl adjacent to an activating group) is 1. The van der Waals surface area contributed by atoms with Gasteiger partial charge < -0.3 is 38.8 Å². The second kappa shape index (κ2) is 12.3. The van der Waals surface area contributed by atoms with E-state index in [2.05, 4.69) is 17.3 Å². The molecular weight excluding hydrogens is 552 g/mol. The third-order valence-electron chi connectivity index (χ3n) is 8.31. The SMILES string of the molecule is COc1cc2c(cc1OC)-c1c(OC)c(OC)c(CNC(=O)/C=C/c3cc(OC)c(O)c(OC)c3)c3c1C(C2)N(C)CC3. The molecule has 1 atom stereocenters. The lowest BCUT2D eigenvalue weighted by Crippen LogP contribution is -2.37. The van der Waals surface area contributed by atoms with Gasteiger partial charge in [0.25, 0.3) is 0 Å². The number of nitrogens with zero attached hydrogens (tertiary/aromatic N) is 1. The summed E-state index contributed by atoms with van der Waals surface area (Å²) in [6.45, 7) is 1.11. The minimum Gasteiger partial charge on any atom is -0.502 e. The zero-order chi connectivity index (χ0) is 30.8. The molecule has 5 rings (SSSR count). The number of amides is 1. The predicted octanol–water partition coefficient (Wildman–Crippen LogP) is 4.53. The van der Waals surface area contributed by atoms with Crippen LogP contribution in [0.3, 0.4) is 0 Å². The van der Waals surface area contributed by atoms with Crippen molar-refractivity contribution in [3.05, 3.63) is 58.2 Å². The molecule has 0 saturated carbocycles. The molecule has 0 fully saturated rings. The maximum Gasteiger partial charge on any atom is 0.244 e. The van der Waals surface area contributed by atoms with Crippen molar-refractivity contribution in [2.75, 3.05) is 56.3 Å². The number of ether oxygens (including phenoxy) is 6. The topological polar surface area (TPSA) is 108 Å². The summed E-state index contributed by atoms with van der Waals surface area (Å²) in [4.78, 5) is 15.4. The van der Waals surface area contributed by atoms with E-state index in [-0.39, 0.29) is 35.7 Å². The number of nitrogens with one attached hydrogen (secondary N) is 1. The van der Waals surface area contributed by atoms with Crippen LogP contribution >= 0.6 is 0 Å². The van der Waals surface area contributed by atoms with Gasteiger partial charge in [0.1, 0.15) is 0 Å². The van der Waals surface area contributed by atoms with Gasteiger partial charge >= 0.3 is 0 Å². The number of benzene rings is 3. The highest BCUT2D eigenvalue weighted by Crippen LogP contribution is 2.55. The number of carbonyl (C=O) groups excluding carboxylic acids is 1. The van der Waals surface area contributed by atoms with Crippen molar-refractivity contribution in [1.82, 2.24) is 10.2 Å². The normalized spacial score (nSPS) is 15.4. The molecule has 0 spiro atoms. The molecule has 0 radical (unpaired) electrons. The van der Waals surface area contributed by atoms with Crippen LogP contribution in [0.2, 0.25) is 0 Å². The second-order valence-electron chi connectivity index (χ2n) is 10.5. The van der Waals surface area contributed by atoms with Crippen molar-refractivity contribution in [2.24, 2.45) is 0 Å². The number of aromatic hydroxyl groups is 1. The van der Waals surface area contributed by atoms with Gasteiger partial charge in [0.05, 0.1) is 42.7 Å². The number of rotatable bonds is 10. The molecule has 1 amide bonds. The molecule has 2 aliphatic rings. The van der Waals surface area contributed by atoms with Crippen LogP contribution in [0.4, 0.5) is 0 Å². The fraction of sp³-hybridized carbons (Fsp3) is 0.364. The van der Waals surface area contributed by atoms with Gasteiger partial charge in [-0.1, -0.05) is 0 Å². The Balaban J connectivity index is 1.53. The van der Waals surface area contributed by atoms with Crippen molar-refractivity contribution in [1.29, 1.82) is 0 Å². The van der Waals surface area contributed by atoms with Gasteiger partial charge in [-0.3, -0.25) is 9.69 Å². The lowest BCUT2D eigenvalue weighted by molar-refractivity contribution is -0.116. The molecular formula is C33H38N2O8. The summed E-state index contributed by atoms with van der Waals surface area (Å²) < 4.78 is 33.7. The maximum atomic E-state index is 13.0. The summed E-state index contributed by atoms with van der Waals surface area (Å²) in [5.74, 6) is 2.67. The average molecular weight is 591 g/mol. The standard InChI is InChI=1S/C33H38N2O8/c1-35-11-10-20-22(17-34-28(36)9-8-18-12-26(40-4)31(37)27(13-18)41-5)32(42-6)33(43-7)30-21-16-25(39-3)24(38-2)15-19(21)14-23(35)29(20)30/h8-9,12-13,15-16,23,37H,10-11,14,17H2,1-7H3,(H,34,36)/b9-8+. The first kappa shape index (κ1) is 29.9. The van der Waals surface area contributed by atoms with E-state index in [0.29, 0.717) is 28.6 Å². The summed E-state index contributed by atoms with van der Waals surface area (Å²) in [6.07, 6.45) is 4.67. The predicted molar refractivity (Wildman–Crippen MR) is 163 cm³/mol. The fourth-order valence-corrected chi connectivity index (χ4v) is 6.21. The van der Waals surface area contributed by atoms with Gasteiger partial charge in [0.15, 0.2) is 34.5 Å². The molecule has 1 aliphatic carbocycles. The Hall–Kier alpha value is -4.57. The molecule has 0 bridgehead atoms. The van der Waals surface area contributed by atoms with Crippen molar-refractivity contribution >= 4 is 12.0 Å². The van der Waals surface area contributed by atoms with Crippen LogP contribution in [-0.2, 0) is 24.2 Å².